The van der Waals surface area contributed by atoms with Gasteiger partial charge >= 0.3 is 5.97 Å². The average molecular weight is 293 g/mol. The summed E-state index contributed by atoms with van der Waals surface area (Å²) in [6.07, 6.45) is 0.222. The van der Waals surface area contributed by atoms with Gasteiger partial charge in [-0.05, 0) is 7.05 Å². The smallest absolute Gasteiger partial charge is 0.303 e. The zero-order chi connectivity index (χ0) is 10.7. The van der Waals surface area contributed by atoms with Gasteiger partial charge in [-0.25, -0.2) is 0 Å². The number of likely N-dealkylation sites (N-methyl/N-ethyl adjacent to an activating group) is 1. The summed E-state index contributed by atoms with van der Waals surface area (Å²) < 4.78 is 0. The van der Waals surface area contributed by atoms with Crippen molar-refractivity contribution < 1.29 is 43.6 Å². The number of carbonyl (C=O) groups is 1. The molecule has 0 aromatic carbocycles. The summed E-state index contributed by atoms with van der Waals surface area (Å²) >= 11 is 0. The van der Waals surface area contributed by atoms with Gasteiger partial charge in [-0.15, -0.1) is 0 Å². The van der Waals surface area contributed by atoms with Gasteiger partial charge in [-0.2, -0.15) is 0 Å². The minimum Gasteiger partial charge on any atom is -0.481 e. The maximum absolute atomic E-state index is 9.37. The highest BCUT2D eigenvalue weighted by atomic mass is 19.0. The van der Waals surface area contributed by atoms with Gasteiger partial charge in [0.05, 0.1) is 13.2 Å². The molecule has 0 atom stereocenters. The number of halogens is 5. The molecule has 0 fully saturated rings. The number of carboxylic acid groups (broad SMARTS) is 1. The summed E-state index contributed by atoms with van der Waals surface area (Å²) in [4.78, 5) is 11.2. The van der Waals surface area contributed by atoms with Gasteiger partial charge in [-0.3, -0.25) is 28.3 Å². The first-order valence-electron chi connectivity index (χ1n) is 4.20. The molecule has 0 radical (unpaired) electrons. The van der Waals surface area contributed by atoms with E-state index in [0.29, 0.717) is 13.1 Å². The van der Waals surface area contributed by atoms with Gasteiger partial charge in [-0.1, -0.05) is 6.92 Å². The van der Waals surface area contributed by atoms with Crippen LogP contribution in [0.3, 0.4) is 0 Å². The summed E-state index contributed by atoms with van der Waals surface area (Å²) in [5.41, 5.74) is 0. The van der Waals surface area contributed by atoms with Crippen molar-refractivity contribution >= 4 is 5.97 Å². The molecule has 0 saturated carbocycles. The Morgan fingerprint density at radius 1 is 0.944 bits per heavy atom. The molecule has 0 aliphatic rings. The van der Waals surface area contributed by atoms with Crippen LogP contribution >= 0.6 is 0 Å². The van der Waals surface area contributed by atoms with E-state index in [4.69, 9.17) is 15.3 Å². The van der Waals surface area contributed by atoms with E-state index >= 15 is 0 Å². The fraction of sp³-hybridized carbons (Fsp3) is 0.875. The monoisotopic (exact) mass is 293 g/mol. The molecule has 0 rings (SSSR count). The minimum atomic E-state index is -0.745. The van der Waals surface area contributed by atoms with Gasteiger partial charge in [0.1, 0.15) is 0 Å². The van der Waals surface area contributed by atoms with Crippen molar-refractivity contribution in [2.24, 2.45) is 0 Å². The number of hydrogen-bond donors (Lipinski definition) is 3. The Morgan fingerprint density at radius 2 is 1.17 bits per heavy atom. The molecule has 0 bridgehead atoms. The maximum atomic E-state index is 9.37. The fourth-order valence-corrected chi connectivity index (χ4v) is 0.453. The van der Waals surface area contributed by atoms with Crippen molar-refractivity contribution in [2.45, 2.75) is 13.3 Å². The van der Waals surface area contributed by atoms with Crippen LogP contribution in [0.5, 0.6) is 0 Å². The predicted octanol–water partition coefficient (Wildman–Crippen LogP) is 0.146. The molecule has 0 aromatic rings. The number of aliphatic hydroxyl groups is 2. The third-order valence-electron chi connectivity index (χ3n) is 1.27. The second-order valence-electron chi connectivity index (χ2n) is 2.50. The molecule has 0 aliphatic heterocycles. The molecule has 0 unspecified atom stereocenters. The highest BCUT2D eigenvalue weighted by molar-refractivity contribution is 5.66. The predicted molar refractivity (Wildman–Crippen MR) is 62.1 cm³/mol. The Kier molecular flexibility index (Phi) is 87.0. The van der Waals surface area contributed by atoms with E-state index in [1.165, 1.54) is 0 Å². The standard InChI is InChI=1S/C5H13NO2.C3H6O2.5FH/c1-6(2-4-7)3-5-8;1-2-3(4)5;;;;;/h7-8H,2-5H2,1H3;2H2,1H3,(H,4,5);5*1H. The molecule has 18 heavy (non-hydrogen) atoms. The molecule has 120 valence electrons. The zero-order valence-corrected chi connectivity index (χ0v) is 10.3. The van der Waals surface area contributed by atoms with Crippen molar-refractivity contribution in [3.8, 4) is 0 Å². The van der Waals surface area contributed by atoms with Crippen molar-refractivity contribution in [1.82, 2.24) is 4.90 Å². The molecule has 0 saturated heterocycles. The van der Waals surface area contributed by atoms with E-state index in [1.807, 2.05) is 11.9 Å². The van der Waals surface area contributed by atoms with E-state index in [1.54, 1.807) is 6.92 Å². The summed E-state index contributed by atoms with van der Waals surface area (Å²) in [6, 6.07) is 0. The van der Waals surface area contributed by atoms with Crippen molar-refractivity contribution in [3.63, 3.8) is 0 Å². The van der Waals surface area contributed by atoms with Crippen LogP contribution in [-0.2, 0) is 4.79 Å². The SMILES string of the molecule is CCC(=O)O.CN(CCO)CCO.F.F.F.F.F. The van der Waals surface area contributed by atoms with E-state index in [-0.39, 0.29) is 43.2 Å². The third kappa shape index (κ3) is 60.0. The Bertz CT molecular complexity index is 128. The van der Waals surface area contributed by atoms with E-state index in [0.717, 1.165) is 0 Å². The van der Waals surface area contributed by atoms with Gasteiger partial charge in [0, 0.05) is 19.5 Å². The Hall–Kier alpha value is -1.00. The topological polar surface area (TPSA) is 81.0 Å². The van der Waals surface area contributed by atoms with Gasteiger partial charge < -0.3 is 20.2 Å². The first-order chi connectivity index (χ1) is 6.08. The molecular formula is C8H24F5NO4. The van der Waals surface area contributed by atoms with Crippen LogP contribution in [0.25, 0.3) is 0 Å². The van der Waals surface area contributed by atoms with Gasteiger partial charge in [0.15, 0.2) is 0 Å². The Morgan fingerprint density at radius 3 is 1.28 bits per heavy atom. The van der Waals surface area contributed by atoms with E-state index < -0.39 is 5.97 Å². The first kappa shape index (κ1) is 43.5. The minimum absolute atomic E-state index is 0. The van der Waals surface area contributed by atoms with Crippen molar-refractivity contribution in [2.75, 3.05) is 33.4 Å². The molecule has 10 heteroatoms. The molecule has 0 heterocycles. The van der Waals surface area contributed by atoms with Crippen molar-refractivity contribution in [1.29, 1.82) is 0 Å². The Labute approximate surface area is 102 Å². The lowest BCUT2D eigenvalue weighted by molar-refractivity contribution is -0.136. The summed E-state index contributed by atoms with van der Waals surface area (Å²) in [5, 5.41) is 24.4. The quantitative estimate of drug-likeness (QED) is 0.629. The molecule has 5 nitrogen and oxygen atoms in total. The second-order valence-corrected chi connectivity index (χ2v) is 2.50. The van der Waals surface area contributed by atoms with Crippen LogP contribution < -0.4 is 0 Å². The van der Waals surface area contributed by atoms with Gasteiger partial charge in [0.25, 0.3) is 0 Å². The number of aliphatic carboxylic acids is 1. The summed E-state index contributed by atoms with van der Waals surface area (Å²) in [6.45, 7) is 3.20. The molecule has 0 amide bonds. The number of carboxylic acids is 1. The zero-order valence-electron chi connectivity index (χ0n) is 10.3. The molecule has 0 aliphatic carbocycles. The van der Waals surface area contributed by atoms with E-state index in [9.17, 15) is 4.79 Å². The average Bonchev–Trinajstić information content (AvgIpc) is 2.06. The van der Waals surface area contributed by atoms with Crippen molar-refractivity contribution in [3.05, 3.63) is 0 Å². The molecule has 3 N–H and O–H groups in total. The summed E-state index contributed by atoms with van der Waals surface area (Å²) in [5.74, 6) is -0.745. The lowest BCUT2D eigenvalue weighted by atomic mass is 10.5. The van der Waals surface area contributed by atoms with Gasteiger partial charge in [0.2, 0.25) is 0 Å². The van der Waals surface area contributed by atoms with Crippen LogP contribution in [-0.4, -0.2) is 59.5 Å². The number of hydrogen-bond acceptors (Lipinski definition) is 4. The number of nitrogens with zero attached hydrogens (tertiary/aromatic N) is 1. The third-order valence-corrected chi connectivity index (χ3v) is 1.27. The largest absolute Gasteiger partial charge is 0.481 e. The number of aliphatic hydroxyl groups excluding tert-OH is 2. The maximum Gasteiger partial charge on any atom is 0.303 e. The number of rotatable bonds is 5. The summed E-state index contributed by atoms with van der Waals surface area (Å²) in [7, 11) is 1.85. The van der Waals surface area contributed by atoms with Crippen LogP contribution in [0.15, 0.2) is 0 Å². The van der Waals surface area contributed by atoms with E-state index in [2.05, 4.69) is 0 Å². The molecular weight excluding hydrogens is 269 g/mol. The van der Waals surface area contributed by atoms with Crippen LogP contribution in [0.4, 0.5) is 23.5 Å². The molecule has 0 spiro atoms. The lowest BCUT2D eigenvalue weighted by Crippen LogP contribution is -2.25. The fourth-order valence-electron chi connectivity index (χ4n) is 0.453. The first-order valence-corrected chi connectivity index (χ1v) is 4.20. The lowest BCUT2D eigenvalue weighted by Gasteiger charge is -2.11. The molecule has 0 aromatic heterocycles. The van der Waals surface area contributed by atoms with Crippen LogP contribution in [0.1, 0.15) is 13.3 Å². The van der Waals surface area contributed by atoms with Crippen LogP contribution in [0.2, 0.25) is 0 Å². The highest BCUT2D eigenvalue weighted by Crippen LogP contribution is 1.76. The normalized spacial score (nSPS) is 6.72. The highest BCUT2D eigenvalue weighted by Gasteiger charge is 1.91. The van der Waals surface area contributed by atoms with Crippen LogP contribution in [0, 0.1) is 0 Å². The Balaban J connectivity index is -0.0000000222. The second kappa shape index (κ2) is 36.0.